The van der Waals surface area contributed by atoms with Crippen LogP contribution in [0.5, 0.6) is 0 Å². The maximum absolute atomic E-state index is 11.2. The summed E-state index contributed by atoms with van der Waals surface area (Å²) < 4.78 is 4.76. The van der Waals surface area contributed by atoms with Crippen molar-refractivity contribution < 1.29 is 50.1 Å². The third-order valence-electron chi connectivity index (χ3n) is 3.29. The van der Waals surface area contributed by atoms with Crippen LogP contribution in [0.4, 0.5) is 0 Å². The number of carbonyl (C=O) groups excluding carboxylic acids is 2. The number of amides is 1. The molecular weight excluding hydrogens is 306 g/mol. The van der Waals surface area contributed by atoms with E-state index in [9.17, 15) is 35.1 Å². The van der Waals surface area contributed by atoms with Crippen molar-refractivity contribution in [2.75, 3.05) is 13.2 Å². The Bertz CT molecular complexity index is 418. The minimum Gasteiger partial charge on any atom is -0.544 e. The lowest BCUT2D eigenvalue weighted by molar-refractivity contribution is -0.374. The van der Waals surface area contributed by atoms with E-state index >= 15 is 0 Å². The van der Waals surface area contributed by atoms with Gasteiger partial charge in [-0.25, -0.2) is 0 Å². The van der Waals surface area contributed by atoms with Crippen LogP contribution < -0.4 is 10.4 Å². The van der Waals surface area contributed by atoms with E-state index in [-0.39, 0.29) is 0 Å². The molecule has 0 saturated carbocycles. The lowest BCUT2D eigenvalue weighted by atomic mass is 9.88. The average Bonchev–Trinajstić information content (AvgIpc) is 2.47. The van der Waals surface area contributed by atoms with Gasteiger partial charge >= 0.3 is 0 Å². The van der Waals surface area contributed by atoms with Crippen molar-refractivity contribution in [1.29, 1.82) is 0 Å². The predicted molar refractivity (Wildman–Crippen MR) is 63.6 cm³/mol. The smallest absolute Gasteiger partial charge is 0.246 e. The molecule has 1 amide bonds. The summed E-state index contributed by atoms with van der Waals surface area (Å²) >= 11 is 0. The first kappa shape index (κ1) is 18.7. The van der Waals surface area contributed by atoms with Crippen molar-refractivity contribution in [3.8, 4) is 0 Å². The molecule has 1 fully saturated rings. The number of ether oxygens (including phenoxy) is 1. The lowest BCUT2D eigenvalue weighted by Crippen LogP contribution is -2.69. The fourth-order valence-electron chi connectivity index (χ4n) is 2.13. The van der Waals surface area contributed by atoms with E-state index in [1.807, 2.05) is 0 Å². The van der Waals surface area contributed by atoms with Gasteiger partial charge in [0.2, 0.25) is 11.7 Å². The normalized spacial score (nSPS) is 34.7. The maximum Gasteiger partial charge on any atom is 0.246 e. The Balaban J connectivity index is 3.07. The van der Waals surface area contributed by atoms with Crippen molar-refractivity contribution in [3.63, 3.8) is 0 Å². The largest absolute Gasteiger partial charge is 0.544 e. The number of hydrogen-bond donors (Lipinski definition) is 7. The molecule has 0 aliphatic carbocycles. The first-order chi connectivity index (χ1) is 10.2. The second-order valence-corrected chi connectivity index (χ2v) is 4.92. The second kappa shape index (κ2) is 7.28. The molecule has 0 unspecified atom stereocenters. The molecule has 7 N–H and O–H groups in total. The third kappa shape index (κ3) is 3.89. The third-order valence-corrected chi connectivity index (χ3v) is 3.29. The van der Waals surface area contributed by atoms with Gasteiger partial charge in [-0.15, -0.1) is 0 Å². The number of hydrogen-bond acceptors (Lipinski definition) is 10. The molecule has 1 heterocycles. The number of carbonyl (C=O) groups is 2. The Kier molecular flexibility index (Phi) is 6.19. The number of aliphatic hydroxyl groups excluding tert-OH is 5. The number of rotatable bonds is 6. The highest BCUT2D eigenvalue weighted by Gasteiger charge is 2.50. The highest BCUT2D eigenvalue weighted by molar-refractivity contribution is 5.77. The fourth-order valence-corrected chi connectivity index (χ4v) is 2.13. The average molecular weight is 324 g/mol. The highest BCUT2D eigenvalue weighted by atomic mass is 16.7. The molecule has 11 nitrogen and oxygen atoms in total. The van der Waals surface area contributed by atoms with Crippen molar-refractivity contribution in [2.45, 2.75) is 42.7 Å². The molecule has 0 radical (unpaired) electrons. The first-order valence-electron chi connectivity index (χ1n) is 6.33. The minimum absolute atomic E-state index is 0.885. The zero-order valence-corrected chi connectivity index (χ0v) is 11.3. The monoisotopic (exact) mass is 324 g/mol. The molecule has 6 atom stereocenters. The van der Waals surface area contributed by atoms with Crippen molar-refractivity contribution >= 4 is 11.9 Å². The highest BCUT2D eigenvalue weighted by Crippen LogP contribution is 2.29. The zero-order valence-electron chi connectivity index (χ0n) is 11.3. The van der Waals surface area contributed by atoms with Gasteiger partial charge in [0.25, 0.3) is 0 Å². The number of carboxylic acids is 1. The summed E-state index contributed by atoms with van der Waals surface area (Å²) in [4.78, 5) is 22.1. The number of carboxylic acid groups (broad SMARTS) is 1. The molecule has 0 aromatic heterocycles. The summed E-state index contributed by atoms with van der Waals surface area (Å²) in [5.41, 5.74) is 0. The zero-order chi connectivity index (χ0) is 17.1. The molecule has 0 spiro atoms. The summed E-state index contributed by atoms with van der Waals surface area (Å²) in [5.74, 6) is -6.02. The van der Waals surface area contributed by atoms with E-state index in [0.29, 0.717) is 0 Å². The SMILES string of the molecule is O=C(CO)N[C@H]1[C@H]([C@H](O)[C@H](O)CO)O[C@](O)(C(=O)[O-])C[C@@H]1O. The predicted octanol–water partition coefficient (Wildman–Crippen LogP) is -6.23. The van der Waals surface area contributed by atoms with Gasteiger partial charge in [0.05, 0.1) is 18.8 Å². The number of nitrogens with one attached hydrogen (secondary N) is 1. The lowest BCUT2D eigenvalue weighted by Gasteiger charge is -2.46. The van der Waals surface area contributed by atoms with Crippen molar-refractivity contribution in [2.24, 2.45) is 0 Å². The quantitative estimate of drug-likeness (QED) is 0.246. The first-order valence-corrected chi connectivity index (χ1v) is 6.33. The summed E-state index contributed by atoms with van der Waals surface area (Å²) in [7, 11) is 0. The molecule has 128 valence electrons. The topological polar surface area (TPSA) is 200 Å². The van der Waals surface area contributed by atoms with E-state index in [1.54, 1.807) is 0 Å². The Hall–Kier alpha value is -1.34. The molecule has 1 rings (SSSR count). The Morgan fingerprint density at radius 3 is 2.41 bits per heavy atom. The summed E-state index contributed by atoms with van der Waals surface area (Å²) in [6.07, 6.45) is -8.11. The van der Waals surface area contributed by atoms with Gasteiger partial charge in [-0.3, -0.25) is 4.79 Å². The number of aliphatic carboxylic acids is 1. The molecule has 1 aliphatic heterocycles. The van der Waals surface area contributed by atoms with Crippen molar-refractivity contribution in [3.05, 3.63) is 0 Å². The number of aliphatic hydroxyl groups is 6. The van der Waals surface area contributed by atoms with E-state index in [1.165, 1.54) is 0 Å². The van der Waals surface area contributed by atoms with Crippen LogP contribution in [0.15, 0.2) is 0 Å². The molecule has 0 aromatic rings. The van der Waals surface area contributed by atoms with E-state index in [2.05, 4.69) is 5.32 Å². The van der Waals surface area contributed by atoms with Gasteiger partial charge in [0, 0.05) is 6.42 Å². The molecule has 0 bridgehead atoms. The van der Waals surface area contributed by atoms with Crippen LogP contribution in [0.1, 0.15) is 6.42 Å². The molecule has 1 aliphatic rings. The van der Waals surface area contributed by atoms with E-state index < -0.39 is 67.8 Å². The standard InChI is InChI=1S/C11H19NO10/c13-2-5(16)8(18)9-7(12-6(17)3-14)4(15)1-11(21,22-9)10(19)20/h4-5,7-9,13-16,18,21H,1-3H2,(H,12,17)(H,19,20)/p-1/t4-,5+,7+,8+,9+,11-/m0/s1. The van der Waals surface area contributed by atoms with Crippen LogP contribution in [0.25, 0.3) is 0 Å². The van der Waals surface area contributed by atoms with Crippen molar-refractivity contribution in [1.82, 2.24) is 5.32 Å². The summed E-state index contributed by atoms with van der Waals surface area (Å²) in [5, 5.41) is 69.3. The van der Waals surface area contributed by atoms with E-state index in [0.717, 1.165) is 0 Å². The Morgan fingerprint density at radius 2 is 1.95 bits per heavy atom. The van der Waals surface area contributed by atoms with Crippen LogP contribution in [-0.4, -0.2) is 92.0 Å². The van der Waals surface area contributed by atoms with Gasteiger partial charge in [0.1, 0.15) is 30.9 Å². The van der Waals surface area contributed by atoms with E-state index in [4.69, 9.17) is 14.9 Å². The summed E-state index contributed by atoms with van der Waals surface area (Å²) in [6.45, 7) is -1.89. The van der Waals surface area contributed by atoms with Gasteiger partial charge in [-0.2, -0.15) is 0 Å². The minimum atomic E-state index is -2.96. The van der Waals surface area contributed by atoms with Gasteiger partial charge < -0.3 is 50.6 Å². The molecule has 11 heteroatoms. The van der Waals surface area contributed by atoms with Crippen LogP contribution in [0, 0.1) is 0 Å². The molecule has 22 heavy (non-hydrogen) atoms. The molecular formula is C11H18NO10-. The Labute approximate surface area is 124 Å². The van der Waals surface area contributed by atoms with Gasteiger partial charge in [0.15, 0.2) is 0 Å². The molecule has 0 aromatic carbocycles. The van der Waals surface area contributed by atoms with Crippen LogP contribution in [0.2, 0.25) is 0 Å². The summed E-state index contributed by atoms with van der Waals surface area (Å²) in [6, 6.07) is -1.45. The second-order valence-electron chi connectivity index (χ2n) is 4.92. The van der Waals surface area contributed by atoms with Gasteiger partial charge in [-0.1, -0.05) is 0 Å². The molecule has 1 saturated heterocycles. The Morgan fingerprint density at radius 1 is 1.36 bits per heavy atom. The van der Waals surface area contributed by atoms with Crippen LogP contribution in [-0.2, 0) is 14.3 Å². The maximum atomic E-state index is 11.2. The van der Waals surface area contributed by atoms with Crippen LogP contribution >= 0.6 is 0 Å². The van der Waals surface area contributed by atoms with Crippen LogP contribution in [0.3, 0.4) is 0 Å². The fraction of sp³-hybridized carbons (Fsp3) is 0.818. The van der Waals surface area contributed by atoms with Gasteiger partial charge in [-0.05, 0) is 0 Å².